The normalized spacial score (nSPS) is 19.1. The minimum atomic E-state index is 0.0377. The number of nitrogens with zero attached hydrogens (tertiary/aromatic N) is 3. The summed E-state index contributed by atoms with van der Waals surface area (Å²) in [6, 6.07) is 6.03. The first-order valence-corrected chi connectivity index (χ1v) is 9.36. The fourth-order valence-corrected chi connectivity index (χ4v) is 3.52. The van der Waals surface area contributed by atoms with E-state index in [1.54, 1.807) is 0 Å². The van der Waals surface area contributed by atoms with Gasteiger partial charge in [0.1, 0.15) is 0 Å². The summed E-state index contributed by atoms with van der Waals surface area (Å²) in [6.07, 6.45) is 0. The first-order chi connectivity index (χ1) is 12.1. The SMILES string of the molecule is Cc1c(Cl)cccc1N1CCN(C(=O)NCCN2CCOCC2)CC1. The lowest BCUT2D eigenvalue weighted by Crippen LogP contribution is -2.53. The summed E-state index contributed by atoms with van der Waals surface area (Å²) in [6.45, 7) is 10.2. The highest BCUT2D eigenvalue weighted by Crippen LogP contribution is 2.27. The third kappa shape index (κ3) is 4.77. The van der Waals surface area contributed by atoms with Crippen LogP contribution in [-0.2, 0) is 4.74 Å². The van der Waals surface area contributed by atoms with Gasteiger partial charge in [-0.05, 0) is 24.6 Å². The summed E-state index contributed by atoms with van der Waals surface area (Å²) in [4.78, 5) is 18.9. The molecule has 0 aliphatic carbocycles. The third-order valence-electron chi connectivity index (χ3n) is 4.95. The molecule has 2 aliphatic rings. The summed E-state index contributed by atoms with van der Waals surface area (Å²) in [5, 5.41) is 3.83. The van der Waals surface area contributed by atoms with E-state index in [-0.39, 0.29) is 6.03 Å². The maximum Gasteiger partial charge on any atom is 0.317 e. The van der Waals surface area contributed by atoms with Crippen molar-refractivity contribution in [1.29, 1.82) is 0 Å². The number of carbonyl (C=O) groups is 1. The lowest BCUT2D eigenvalue weighted by molar-refractivity contribution is 0.0386. The highest BCUT2D eigenvalue weighted by Gasteiger charge is 2.22. The zero-order valence-corrected chi connectivity index (χ0v) is 15.6. The molecule has 2 amide bonds. The van der Waals surface area contributed by atoms with E-state index in [9.17, 15) is 4.79 Å². The molecule has 7 heteroatoms. The van der Waals surface area contributed by atoms with Crippen molar-refractivity contribution in [2.75, 3.05) is 70.5 Å². The second-order valence-electron chi connectivity index (χ2n) is 6.54. The number of halogens is 1. The highest BCUT2D eigenvalue weighted by atomic mass is 35.5. The Hall–Kier alpha value is -1.50. The summed E-state index contributed by atoms with van der Waals surface area (Å²) >= 11 is 6.22. The van der Waals surface area contributed by atoms with Crippen LogP contribution in [0.5, 0.6) is 0 Å². The molecule has 3 rings (SSSR count). The molecular formula is C18H27ClN4O2. The maximum absolute atomic E-state index is 12.3. The second kappa shape index (κ2) is 8.74. The molecule has 1 aromatic carbocycles. The van der Waals surface area contributed by atoms with Crippen LogP contribution in [0.15, 0.2) is 18.2 Å². The highest BCUT2D eigenvalue weighted by molar-refractivity contribution is 6.31. The number of nitrogens with one attached hydrogen (secondary N) is 1. The molecule has 6 nitrogen and oxygen atoms in total. The monoisotopic (exact) mass is 366 g/mol. The number of hydrogen-bond acceptors (Lipinski definition) is 4. The van der Waals surface area contributed by atoms with E-state index in [4.69, 9.17) is 16.3 Å². The van der Waals surface area contributed by atoms with Gasteiger partial charge in [-0.2, -0.15) is 0 Å². The van der Waals surface area contributed by atoms with Crippen LogP contribution in [0.3, 0.4) is 0 Å². The van der Waals surface area contributed by atoms with Gasteiger partial charge in [0.25, 0.3) is 0 Å². The van der Waals surface area contributed by atoms with Crippen molar-refractivity contribution in [3.63, 3.8) is 0 Å². The maximum atomic E-state index is 12.3. The Bertz CT molecular complexity index is 584. The van der Waals surface area contributed by atoms with E-state index in [2.05, 4.69) is 21.2 Å². The number of rotatable bonds is 4. The van der Waals surface area contributed by atoms with Gasteiger partial charge in [0.05, 0.1) is 13.2 Å². The predicted octanol–water partition coefficient (Wildman–Crippen LogP) is 1.81. The largest absolute Gasteiger partial charge is 0.379 e. The van der Waals surface area contributed by atoms with Crippen LogP contribution in [0.25, 0.3) is 0 Å². The van der Waals surface area contributed by atoms with Crippen LogP contribution < -0.4 is 10.2 Å². The zero-order valence-electron chi connectivity index (χ0n) is 14.8. The molecule has 0 aromatic heterocycles. The molecule has 1 aromatic rings. The molecule has 0 saturated carbocycles. The number of urea groups is 1. The number of benzene rings is 1. The number of piperazine rings is 1. The summed E-state index contributed by atoms with van der Waals surface area (Å²) in [5.41, 5.74) is 2.27. The molecule has 0 spiro atoms. The van der Waals surface area contributed by atoms with Crippen LogP contribution in [0.4, 0.5) is 10.5 Å². The Morgan fingerprint density at radius 1 is 1.16 bits per heavy atom. The number of ether oxygens (including phenoxy) is 1. The minimum absolute atomic E-state index is 0.0377. The zero-order chi connectivity index (χ0) is 17.6. The average molecular weight is 367 g/mol. The van der Waals surface area contributed by atoms with Crippen molar-refractivity contribution < 1.29 is 9.53 Å². The quantitative estimate of drug-likeness (QED) is 0.883. The summed E-state index contributed by atoms with van der Waals surface area (Å²) in [7, 11) is 0. The van der Waals surface area contributed by atoms with Crippen LogP contribution in [0.1, 0.15) is 5.56 Å². The van der Waals surface area contributed by atoms with E-state index in [0.717, 1.165) is 69.6 Å². The predicted molar refractivity (Wildman–Crippen MR) is 101 cm³/mol. The van der Waals surface area contributed by atoms with Crippen LogP contribution >= 0.6 is 11.6 Å². The molecule has 138 valence electrons. The van der Waals surface area contributed by atoms with Crippen molar-refractivity contribution >= 4 is 23.3 Å². The van der Waals surface area contributed by atoms with Crippen molar-refractivity contribution in [2.24, 2.45) is 0 Å². The fourth-order valence-electron chi connectivity index (χ4n) is 3.35. The van der Waals surface area contributed by atoms with Gasteiger partial charge in [-0.25, -0.2) is 4.79 Å². The van der Waals surface area contributed by atoms with Gasteiger partial charge in [-0.1, -0.05) is 17.7 Å². The van der Waals surface area contributed by atoms with Crippen molar-refractivity contribution in [3.8, 4) is 0 Å². The van der Waals surface area contributed by atoms with Gasteiger partial charge in [-0.3, -0.25) is 4.90 Å². The van der Waals surface area contributed by atoms with Crippen molar-refractivity contribution in [3.05, 3.63) is 28.8 Å². The Morgan fingerprint density at radius 2 is 1.88 bits per heavy atom. The molecule has 2 aliphatic heterocycles. The number of hydrogen-bond donors (Lipinski definition) is 1. The Morgan fingerprint density at radius 3 is 2.60 bits per heavy atom. The van der Waals surface area contributed by atoms with Gasteiger partial charge in [-0.15, -0.1) is 0 Å². The molecule has 2 heterocycles. The molecule has 25 heavy (non-hydrogen) atoms. The lowest BCUT2D eigenvalue weighted by Gasteiger charge is -2.37. The van der Waals surface area contributed by atoms with E-state index < -0.39 is 0 Å². The molecule has 0 unspecified atom stereocenters. The smallest absolute Gasteiger partial charge is 0.317 e. The summed E-state index contributed by atoms with van der Waals surface area (Å²) < 4.78 is 5.33. The standard InChI is InChI=1S/C18H27ClN4O2/c1-15-16(19)3-2-4-17(15)22-7-9-23(10-8-22)18(24)20-5-6-21-11-13-25-14-12-21/h2-4H,5-14H2,1H3,(H,20,24). The van der Waals surface area contributed by atoms with E-state index in [0.29, 0.717) is 6.54 Å². The number of carbonyl (C=O) groups excluding carboxylic acids is 1. The van der Waals surface area contributed by atoms with Crippen molar-refractivity contribution in [2.45, 2.75) is 6.92 Å². The van der Waals surface area contributed by atoms with Crippen LogP contribution in [0.2, 0.25) is 5.02 Å². The fraction of sp³-hybridized carbons (Fsp3) is 0.611. The Labute approximate surface area is 154 Å². The number of anilines is 1. The van der Waals surface area contributed by atoms with E-state index >= 15 is 0 Å². The molecule has 1 N–H and O–H groups in total. The lowest BCUT2D eigenvalue weighted by atomic mass is 10.1. The molecular weight excluding hydrogens is 340 g/mol. The van der Waals surface area contributed by atoms with Gasteiger partial charge in [0.15, 0.2) is 0 Å². The molecule has 2 saturated heterocycles. The van der Waals surface area contributed by atoms with Crippen LogP contribution in [-0.4, -0.2) is 81.4 Å². The first kappa shape index (κ1) is 18.3. The molecule has 0 radical (unpaired) electrons. The molecule has 2 fully saturated rings. The van der Waals surface area contributed by atoms with E-state index in [1.165, 1.54) is 5.69 Å². The van der Waals surface area contributed by atoms with E-state index in [1.807, 2.05) is 24.0 Å². The van der Waals surface area contributed by atoms with Crippen molar-refractivity contribution in [1.82, 2.24) is 15.1 Å². The second-order valence-corrected chi connectivity index (χ2v) is 6.95. The molecule has 0 atom stereocenters. The van der Waals surface area contributed by atoms with Gasteiger partial charge < -0.3 is 19.9 Å². The average Bonchev–Trinajstić information content (AvgIpc) is 2.65. The van der Waals surface area contributed by atoms with Gasteiger partial charge >= 0.3 is 6.03 Å². The number of morpholine rings is 1. The third-order valence-corrected chi connectivity index (χ3v) is 5.36. The first-order valence-electron chi connectivity index (χ1n) is 8.98. The topological polar surface area (TPSA) is 48.0 Å². The Balaban J connectivity index is 1.42. The molecule has 0 bridgehead atoms. The Kier molecular flexibility index (Phi) is 6.39. The minimum Gasteiger partial charge on any atom is -0.379 e. The van der Waals surface area contributed by atoms with Gasteiger partial charge in [0.2, 0.25) is 0 Å². The number of amides is 2. The van der Waals surface area contributed by atoms with Gasteiger partial charge in [0, 0.05) is 63.1 Å². The summed E-state index contributed by atoms with van der Waals surface area (Å²) in [5.74, 6) is 0. The van der Waals surface area contributed by atoms with Crippen LogP contribution in [0, 0.1) is 6.92 Å².